The standard InChI is InChI=1S/C14H16F3NO2/c1-3-13(2)8-11(13)20-12(19)18-10-6-4-9(5-7-10)14(15,16)17/h4-7,11H,3,8H2,1-2H3,(H,18,19). The molecule has 1 aliphatic carbocycles. The minimum Gasteiger partial charge on any atom is -0.445 e. The Kier molecular flexibility index (Phi) is 3.67. The van der Waals surface area contributed by atoms with E-state index in [1.165, 1.54) is 12.1 Å². The maximum atomic E-state index is 12.4. The van der Waals surface area contributed by atoms with Crippen LogP contribution in [-0.4, -0.2) is 12.2 Å². The zero-order chi connectivity index (χ0) is 15.0. The fraction of sp³-hybridized carbons (Fsp3) is 0.500. The predicted octanol–water partition coefficient (Wildman–Crippen LogP) is 4.44. The maximum Gasteiger partial charge on any atom is 0.416 e. The average Bonchev–Trinajstić information content (AvgIpc) is 3.00. The number of anilines is 1. The van der Waals surface area contributed by atoms with Crippen LogP contribution in [0.15, 0.2) is 24.3 Å². The first kappa shape index (κ1) is 14.7. The molecule has 110 valence electrons. The summed E-state index contributed by atoms with van der Waals surface area (Å²) in [6.07, 6.45) is -3.38. The summed E-state index contributed by atoms with van der Waals surface area (Å²) in [4.78, 5) is 11.6. The Morgan fingerprint density at radius 3 is 2.45 bits per heavy atom. The molecule has 2 unspecified atom stereocenters. The summed E-state index contributed by atoms with van der Waals surface area (Å²) in [6.45, 7) is 4.06. The molecule has 1 aromatic rings. The summed E-state index contributed by atoms with van der Waals surface area (Å²) in [7, 11) is 0. The normalized spacial score (nSPS) is 25.1. The van der Waals surface area contributed by atoms with Gasteiger partial charge in [0.15, 0.2) is 0 Å². The molecular weight excluding hydrogens is 271 g/mol. The second-order valence-corrected chi connectivity index (χ2v) is 5.31. The summed E-state index contributed by atoms with van der Waals surface area (Å²) < 4.78 is 42.3. The van der Waals surface area contributed by atoms with Crippen LogP contribution in [-0.2, 0) is 10.9 Å². The molecule has 1 aliphatic rings. The van der Waals surface area contributed by atoms with E-state index < -0.39 is 17.8 Å². The zero-order valence-corrected chi connectivity index (χ0v) is 11.3. The van der Waals surface area contributed by atoms with Gasteiger partial charge in [-0.3, -0.25) is 5.32 Å². The number of ether oxygens (including phenoxy) is 1. The van der Waals surface area contributed by atoms with Crippen molar-refractivity contribution in [1.82, 2.24) is 0 Å². The van der Waals surface area contributed by atoms with Crippen LogP contribution in [0.1, 0.15) is 32.3 Å². The van der Waals surface area contributed by atoms with Crippen molar-refractivity contribution in [2.45, 2.75) is 39.0 Å². The van der Waals surface area contributed by atoms with Crippen molar-refractivity contribution in [1.29, 1.82) is 0 Å². The fourth-order valence-electron chi connectivity index (χ4n) is 1.94. The molecule has 0 saturated heterocycles. The lowest BCUT2D eigenvalue weighted by Gasteiger charge is -2.11. The Balaban J connectivity index is 1.89. The first-order valence-corrected chi connectivity index (χ1v) is 6.39. The predicted molar refractivity (Wildman–Crippen MR) is 68.4 cm³/mol. The molecule has 1 N–H and O–H groups in total. The quantitative estimate of drug-likeness (QED) is 0.892. The average molecular weight is 287 g/mol. The Morgan fingerprint density at radius 1 is 1.40 bits per heavy atom. The van der Waals surface area contributed by atoms with Gasteiger partial charge in [0, 0.05) is 11.1 Å². The summed E-state index contributed by atoms with van der Waals surface area (Å²) in [5.74, 6) is 0. The van der Waals surface area contributed by atoms with E-state index in [9.17, 15) is 18.0 Å². The molecular formula is C14H16F3NO2. The van der Waals surface area contributed by atoms with Gasteiger partial charge < -0.3 is 4.74 Å². The van der Waals surface area contributed by atoms with Crippen LogP contribution in [0.25, 0.3) is 0 Å². The van der Waals surface area contributed by atoms with E-state index in [1.54, 1.807) is 0 Å². The molecule has 0 spiro atoms. The molecule has 1 aromatic carbocycles. The molecule has 0 aliphatic heterocycles. The smallest absolute Gasteiger partial charge is 0.416 e. The molecule has 0 radical (unpaired) electrons. The number of carbonyl (C=O) groups is 1. The highest BCUT2D eigenvalue weighted by atomic mass is 19.4. The van der Waals surface area contributed by atoms with Gasteiger partial charge in [-0.2, -0.15) is 13.2 Å². The monoisotopic (exact) mass is 287 g/mol. The molecule has 0 aromatic heterocycles. The number of benzene rings is 1. The van der Waals surface area contributed by atoms with Gasteiger partial charge in [-0.1, -0.05) is 13.8 Å². The Labute approximate surface area is 115 Å². The minimum atomic E-state index is -4.38. The van der Waals surface area contributed by atoms with Crippen molar-refractivity contribution in [3.05, 3.63) is 29.8 Å². The summed E-state index contributed by atoms with van der Waals surface area (Å²) in [5.41, 5.74) is -0.434. The van der Waals surface area contributed by atoms with E-state index in [1.807, 2.05) is 13.8 Å². The summed E-state index contributed by atoms with van der Waals surface area (Å²) in [6, 6.07) is 4.25. The van der Waals surface area contributed by atoms with Gasteiger partial charge >= 0.3 is 12.3 Å². The van der Waals surface area contributed by atoms with Gasteiger partial charge in [0.05, 0.1) is 5.56 Å². The molecule has 1 saturated carbocycles. The highest BCUT2D eigenvalue weighted by Crippen LogP contribution is 2.50. The molecule has 2 atom stereocenters. The Morgan fingerprint density at radius 2 is 2.00 bits per heavy atom. The van der Waals surface area contributed by atoms with E-state index in [-0.39, 0.29) is 17.2 Å². The van der Waals surface area contributed by atoms with Gasteiger partial charge in [-0.05, 0) is 37.1 Å². The van der Waals surface area contributed by atoms with Gasteiger partial charge in [-0.25, -0.2) is 4.79 Å². The van der Waals surface area contributed by atoms with E-state index in [0.29, 0.717) is 0 Å². The summed E-state index contributed by atoms with van der Waals surface area (Å²) in [5, 5.41) is 2.43. The molecule has 2 rings (SSSR count). The first-order valence-electron chi connectivity index (χ1n) is 6.39. The molecule has 20 heavy (non-hydrogen) atoms. The largest absolute Gasteiger partial charge is 0.445 e. The Hall–Kier alpha value is -1.72. The number of hydrogen-bond acceptors (Lipinski definition) is 2. The Bertz CT molecular complexity index is 498. The number of nitrogens with one attached hydrogen (secondary N) is 1. The van der Waals surface area contributed by atoms with Gasteiger partial charge in [0.2, 0.25) is 0 Å². The van der Waals surface area contributed by atoms with Crippen LogP contribution < -0.4 is 5.32 Å². The lowest BCUT2D eigenvalue weighted by molar-refractivity contribution is -0.137. The van der Waals surface area contributed by atoms with E-state index in [2.05, 4.69) is 5.32 Å². The molecule has 3 nitrogen and oxygen atoms in total. The molecule has 1 amide bonds. The topological polar surface area (TPSA) is 38.3 Å². The van der Waals surface area contributed by atoms with Crippen molar-refractivity contribution < 1.29 is 22.7 Å². The van der Waals surface area contributed by atoms with Crippen molar-refractivity contribution in [2.75, 3.05) is 5.32 Å². The van der Waals surface area contributed by atoms with Gasteiger partial charge in [-0.15, -0.1) is 0 Å². The number of carbonyl (C=O) groups excluding carboxylic acids is 1. The van der Waals surface area contributed by atoms with Crippen LogP contribution in [0, 0.1) is 5.41 Å². The minimum absolute atomic E-state index is 0.0392. The number of amides is 1. The molecule has 1 fully saturated rings. The van der Waals surface area contributed by atoms with E-state index in [4.69, 9.17) is 4.74 Å². The third kappa shape index (κ3) is 3.23. The van der Waals surface area contributed by atoms with Crippen LogP contribution in [0.5, 0.6) is 0 Å². The first-order chi connectivity index (χ1) is 9.24. The van der Waals surface area contributed by atoms with Crippen LogP contribution in [0.4, 0.5) is 23.7 Å². The second kappa shape index (κ2) is 5.00. The van der Waals surface area contributed by atoms with Crippen LogP contribution >= 0.6 is 0 Å². The van der Waals surface area contributed by atoms with Crippen molar-refractivity contribution in [3.63, 3.8) is 0 Å². The molecule has 0 bridgehead atoms. The van der Waals surface area contributed by atoms with Crippen molar-refractivity contribution >= 4 is 11.8 Å². The number of hydrogen-bond donors (Lipinski definition) is 1. The molecule has 0 heterocycles. The van der Waals surface area contributed by atoms with Crippen LogP contribution in [0.2, 0.25) is 0 Å². The lowest BCUT2D eigenvalue weighted by Crippen LogP contribution is -2.17. The fourth-order valence-corrected chi connectivity index (χ4v) is 1.94. The number of halogens is 3. The number of alkyl halides is 3. The van der Waals surface area contributed by atoms with E-state index in [0.717, 1.165) is 25.0 Å². The maximum absolute atomic E-state index is 12.4. The second-order valence-electron chi connectivity index (χ2n) is 5.31. The zero-order valence-electron chi connectivity index (χ0n) is 11.3. The van der Waals surface area contributed by atoms with Crippen LogP contribution in [0.3, 0.4) is 0 Å². The van der Waals surface area contributed by atoms with Crippen molar-refractivity contribution in [2.24, 2.45) is 5.41 Å². The third-order valence-electron chi connectivity index (χ3n) is 3.78. The van der Waals surface area contributed by atoms with Gasteiger partial charge in [0.1, 0.15) is 6.10 Å². The van der Waals surface area contributed by atoms with Gasteiger partial charge in [0.25, 0.3) is 0 Å². The lowest BCUT2D eigenvalue weighted by atomic mass is 10.1. The van der Waals surface area contributed by atoms with Crippen molar-refractivity contribution in [3.8, 4) is 0 Å². The highest BCUT2D eigenvalue weighted by Gasteiger charge is 2.51. The SMILES string of the molecule is CCC1(C)CC1OC(=O)Nc1ccc(C(F)(F)F)cc1. The third-order valence-corrected chi connectivity index (χ3v) is 3.78. The highest BCUT2D eigenvalue weighted by molar-refractivity contribution is 5.84. The molecule has 6 heteroatoms. The summed E-state index contributed by atoms with van der Waals surface area (Å²) >= 11 is 0. The van der Waals surface area contributed by atoms with E-state index >= 15 is 0 Å². The number of rotatable bonds is 3.